The van der Waals surface area contributed by atoms with Crippen LogP contribution in [0.2, 0.25) is 5.15 Å². The van der Waals surface area contributed by atoms with Crippen LogP contribution in [0.5, 0.6) is 0 Å². The maximum absolute atomic E-state index is 11.4. The average molecular weight is 263 g/mol. The molecule has 0 amide bonds. The Morgan fingerprint density at radius 2 is 2.22 bits per heavy atom. The van der Waals surface area contributed by atoms with E-state index in [1.165, 1.54) is 10.9 Å². The largest absolute Gasteiger partial charge is 0.419 e. The summed E-state index contributed by atoms with van der Waals surface area (Å²) in [6, 6.07) is 5.21. The third-order valence-corrected chi connectivity index (χ3v) is 2.92. The summed E-state index contributed by atoms with van der Waals surface area (Å²) in [5, 5.41) is 7.88. The summed E-state index contributed by atoms with van der Waals surface area (Å²) in [6.07, 6.45) is 1.28. The first kappa shape index (κ1) is 10.9. The molecule has 0 aliphatic heterocycles. The minimum atomic E-state index is -0.412. The lowest BCUT2D eigenvalue weighted by molar-refractivity contribution is 0.528. The van der Waals surface area contributed by atoms with Gasteiger partial charge in [0.25, 0.3) is 0 Å². The van der Waals surface area contributed by atoms with Crippen molar-refractivity contribution < 1.29 is 4.42 Å². The molecule has 0 aliphatic rings. The summed E-state index contributed by atoms with van der Waals surface area (Å²) in [4.78, 5) is 15.2. The van der Waals surface area contributed by atoms with E-state index >= 15 is 0 Å². The molecule has 3 rings (SSSR count). The van der Waals surface area contributed by atoms with Crippen LogP contribution in [0.15, 0.2) is 33.7 Å². The van der Waals surface area contributed by atoms with Gasteiger partial charge in [-0.25, -0.2) is 9.78 Å². The summed E-state index contributed by atoms with van der Waals surface area (Å²) in [5.41, 5.74) is 2.37. The molecule has 2 aromatic heterocycles. The number of rotatable bonds is 1. The summed E-state index contributed by atoms with van der Waals surface area (Å²) in [5.74, 6) is -0.412. The van der Waals surface area contributed by atoms with Crippen molar-refractivity contribution in [3.8, 4) is 11.3 Å². The van der Waals surface area contributed by atoms with Crippen LogP contribution < -0.4 is 5.76 Å². The van der Waals surface area contributed by atoms with E-state index in [0.717, 1.165) is 5.56 Å². The van der Waals surface area contributed by atoms with Gasteiger partial charge < -0.3 is 4.42 Å². The number of benzene rings is 1. The molecule has 18 heavy (non-hydrogen) atoms. The number of oxazole rings is 1. The van der Waals surface area contributed by atoms with Gasteiger partial charge >= 0.3 is 5.76 Å². The molecule has 0 aliphatic carbocycles. The number of fused-ring (bicyclic) bond motifs is 1. The van der Waals surface area contributed by atoms with Crippen LogP contribution in [0.3, 0.4) is 0 Å². The fourth-order valence-electron chi connectivity index (χ4n) is 1.71. The number of nitrogens with zero attached hydrogens (tertiary/aromatic N) is 4. The minimum absolute atomic E-state index is 0.262. The number of hydrogen-bond donors (Lipinski definition) is 0. The molecule has 0 bridgehead atoms. The summed E-state index contributed by atoms with van der Waals surface area (Å²) in [7, 11) is 1.63. The first-order chi connectivity index (χ1) is 8.66. The number of halogens is 1. The lowest BCUT2D eigenvalue weighted by atomic mass is 10.1. The summed E-state index contributed by atoms with van der Waals surface area (Å²) in [6.45, 7) is 0. The topological polar surface area (TPSA) is 73.8 Å². The molecule has 0 spiro atoms. The number of hydrogen-bond acceptors (Lipinski definition) is 5. The monoisotopic (exact) mass is 262 g/mol. The highest BCUT2D eigenvalue weighted by Crippen LogP contribution is 2.25. The predicted octanol–water partition coefficient (Wildman–Crippen LogP) is 1.64. The zero-order chi connectivity index (χ0) is 12.7. The second-order valence-electron chi connectivity index (χ2n) is 3.71. The van der Waals surface area contributed by atoms with Crippen LogP contribution in [-0.4, -0.2) is 19.7 Å². The van der Waals surface area contributed by atoms with Crippen LogP contribution in [0.25, 0.3) is 22.4 Å². The second-order valence-corrected chi connectivity index (χ2v) is 4.07. The molecule has 0 saturated heterocycles. The Balaban J connectivity index is 2.28. The van der Waals surface area contributed by atoms with Gasteiger partial charge in [-0.2, -0.15) is 0 Å². The lowest BCUT2D eigenvalue weighted by Gasteiger charge is -2.01. The Labute approximate surface area is 106 Å². The molecule has 0 saturated carbocycles. The molecule has 0 fully saturated rings. The molecule has 90 valence electrons. The highest BCUT2D eigenvalue weighted by atomic mass is 35.5. The van der Waals surface area contributed by atoms with Crippen LogP contribution in [0.1, 0.15) is 0 Å². The molecule has 2 heterocycles. The van der Waals surface area contributed by atoms with Crippen molar-refractivity contribution in [1.29, 1.82) is 0 Å². The minimum Gasteiger partial charge on any atom is -0.408 e. The molecule has 3 aromatic rings. The van der Waals surface area contributed by atoms with Gasteiger partial charge in [-0.3, -0.25) is 4.57 Å². The van der Waals surface area contributed by atoms with E-state index in [0.29, 0.717) is 16.8 Å². The number of aromatic nitrogens is 4. The van der Waals surface area contributed by atoms with Crippen LogP contribution in [0, 0.1) is 0 Å². The summed E-state index contributed by atoms with van der Waals surface area (Å²) < 4.78 is 6.46. The molecule has 0 atom stereocenters. The Bertz CT molecular complexity index is 793. The van der Waals surface area contributed by atoms with Crippen LogP contribution >= 0.6 is 11.6 Å². The van der Waals surface area contributed by atoms with Gasteiger partial charge in [-0.1, -0.05) is 11.6 Å². The normalized spacial score (nSPS) is 11.0. The van der Waals surface area contributed by atoms with E-state index in [9.17, 15) is 4.79 Å². The molecule has 1 aromatic carbocycles. The fourth-order valence-corrected chi connectivity index (χ4v) is 1.90. The van der Waals surface area contributed by atoms with Crippen LogP contribution in [-0.2, 0) is 7.05 Å². The zero-order valence-corrected chi connectivity index (χ0v) is 10.0. The quantitative estimate of drug-likeness (QED) is 0.666. The van der Waals surface area contributed by atoms with Crippen molar-refractivity contribution in [2.45, 2.75) is 0 Å². The van der Waals surface area contributed by atoms with Gasteiger partial charge in [0.2, 0.25) is 0 Å². The van der Waals surface area contributed by atoms with E-state index in [4.69, 9.17) is 16.0 Å². The van der Waals surface area contributed by atoms with Crippen molar-refractivity contribution in [2.75, 3.05) is 0 Å². The van der Waals surface area contributed by atoms with Crippen molar-refractivity contribution in [1.82, 2.24) is 19.7 Å². The van der Waals surface area contributed by atoms with E-state index in [2.05, 4.69) is 15.2 Å². The second kappa shape index (κ2) is 3.92. The van der Waals surface area contributed by atoms with Gasteiger partial charge in [-0.15, -0.1) is 10.2 Å². The van der Waals surface area contributed by atoms with Crippen molar-refractivity contribution >= 4 is 22.7 Å². The molecular weight excluding hydrogens is 256 g/mol. The third kappa shape index (κ3) is 1.58. The average Bonchev–Trinajstić information content (AvgIpc) is 2.66. The molecule has 0 unspecified atom stereocenters. The van der Waals surface area contributed by atoms with E-state index < -0.39 is 5.76 Å². The molecule has 0 radical (unpaired) electrons. The molecular formula is C11H7ClN4O2. The Morgan fingerprint density at radius 3 is 3.00 bits per heavy atom. The molecule has 7 heteroatoms. The van der Waals surface area contributed by atoms with Crippen LogP contribution in [0.4, 0.5) is 0 Å². The predicted molar refractivity (Wildman–Crippen MR) is 65.3 cm³/mol. The Hall–Kier alpha value is -2.21. The van der Waals surface area contributed by atoms with Crippen molar-refractivity contribution in [3.63, 3.8) is 0 Å². The zero-order valence-electron chi connectivity index (χ0n) is 9.29. The van der Waals surface area contributed by atoms with Gasteiger partial charge in [0.1, 0.15) is 12.0 Å². The Morgan fingerprint density at radius 1 is 1.39 bits per heavy atom. The SMILES string of the molecule is Cn1c(=O)oc2ccc(-c3nncnc3Cl)cc21. The third-order valence-electron chi connectivity index (χ3n) is 2.64. The number of aryl methyl sites for hydroxylation is 1. The summed E-state index contributed by atoms with van der Waals surface area (Å²) >= 11 is 5.95. The first-order valence-corrected chi connectivity index (χ1v) is 5.48. The standard InChI is InChI=1S/C11H7ClN4O2/c1-16-7-4-6(2-3-8(7)18-11(16)17)9-10(12)13-5-14-15-9/h2-5H,1H3. The van der Waals surface area contributed by atoms with E-state index in [-0.39, 0.29) is 5.15 Å². The molecule has 6 nitrogen and oxygen atoms in total. The molecule has 0 N–H and O–H groups in total. The fraction of sp³-hybridized carbons (Fsp3) is 0.0909. The highest BCUT2D eigenvalue weighted by Gasteiger charge is 2.11. The van der Waals surface area contributed by atoms with Gasteiger partial charge in [-0.05, 0) is 18.2 Å². The van der Waals surface area contributed by atoms with E-state index in [1.54, 1.807) is 25.2 Å². The van der Waals surface area contributed by atoms with Crippen molar-refractivity contribution in [3.05, 3.63) is 40.2 Å². The Kier molecular flexibility index (Phi) is 2.38. The van der Waals surface area contributed by atoms with Gasteiger partial charge in [0.15, 0.2) is 10.7 Å². The first-order valence-electron chi connectivity index (χ1n) is 5.10. The van der Waals surface area contributed by atoms with Gasteiger partial charge in [0, 0.05) is 12.6 Å². The van der Waals surface area contributed by atoms with E-state index in [1.807, 2.05) is 0 Å². The lowest BCUT2D eigenvalue weighted by Crippen LogP contribution is -2.08. The van der Waals surface area contributed by atoms with Gasteiger partial charge in [0.05, 0.1) is 5.52 Å². The van der Waals surface area contributed by atoms with Crippen molar-refractivity contribution in [2.24, 2.45) is 7.05 Å². The smallest absolute Gasteiger partial charge is 0.408 e. The maximum atomic E-state index is 11.4. The highest BCUT2D eigenvalue weighted by molar-refractivity contribution is 6.31. The maximum Gasteiger partial charge on any atom is 0.419 e.